The molecule has 0 radical (unpaired) electrons. The normalized spacial score (nSPS) is 21.4. The molecule has 1 saturated heterocycles. The number of carbonyl (C=O) groups is 3. The maximum Gasteiger partial charge on any atom is 0.325 e. The predicted octanol–water partition coefficient (Wildman–Crippen LogP) is 4.13. The van der Waals surface area contributed by atoms with Crippen LogP contribution >= 0.6 is 0 Å². The van der Waals surface area contributed by atoms with Crippen LogP contribution in [0.3, 0.4) is 0 Å². The molecule has 1 aliphatic heterocycles. The molecule has 0 aromatic heterocycles. The number of amides is 4. The molecule has 0 atom stereocenters. The molecular weight excluding hydrogens is 397 g/mol. The summed E-state index contributed by atoms with van der Waals surface area (Å²) in [5.41, 5.74) is 0.131. The van der Waals surface area contributed by atoms with Crippen molar-refractivity contribution in [1.29, 1.82) is 0 Å². The Balaban J connectivity index is 1.42. The molecular formula is C24H32FN3O3. The van der Waals surface area contributed by atoms with Gasteiger partial charge in [0.1, 0.15) is 11.4 Å². The van der Waals surface area contributed by atoms with Crippen molar-refractivity contribution in [1.82, 2.24) is 15.1 Å². The van der Waals surface area contributed by atoms with Gasteiger partial charge in [-0.15, -0.1) is 0 Å². The molecule has 1 N–H and O–H groups in total. The molecule has 2 aliphatic carbocycles. The summed E-state index contributed by atoms with van der Waals surface area (Å²) >= 11 is 0. The lowest BCUT2D eigenvalue weighted by Crippen LogP contribution is -2.48. The first-order chi connectivity index (χ1) is 15.0. The quantitative estimate of drug-likeness (QED) is 0.691. The highest BCUT2D eigenvalue weighted by atomic mass is 19.1. The summed E-state index contributed by atoms with van der Waals surface area (Å²) in [5.74, 6) is -0.524. The summed E-state index contributed by atoms with van der Waals surface area (Å²) in [6, 6.07) is 6.03. The standard InChI is InChI=1S/C24H32FN3O3/c25-19-11-9-18(10-12-19)17-28(20-7-3-1-4-8-20)21(29)13-16-27-22(30)24(26-23(27)31)14-5-2-6-15-24/h9-12,20H,1-8,13-17H2,(H,26,31). The third-order valence-corrected chi connectivity index (χ3v) is 7.10. The van der Waals surface area contributed by atoms with Gasteiger partial charge in [0.15, 0.2) is 0 Å². The number of rotatable bonds is 6. The van der Waals surface area contributed by atoms with Crippen LogP contribution < -0.4 is 5.32 Å². The summed E-state index contributed by atoms with van der Waals surface area (Å²) in [6.45, 7) is 0.533. The van der Waals surface area contributed by atoms with Gasteiger partial charge >= 0.3 is 6.03 Å². The van der Waals surface area contributed by atoms with E-state index in [1.54, 1.807) is 12.1 Å². The molecule has 31 heavy (non-hydrogen) atoms. The lowest BCUT2D eigenvalue weighted by atomic mass is 9.82. The number of halogens is 1. The van der Waals surface area contributed by atoms with E-state index >= 15 is 0 Å². The van der Waals surface area contributed by atoms with E-state index < -0.39 is 5.54 Å². The van der Waals surface area contributed by atoms with Gasteiger partial charge in [-0.3, -0.25) is 14.5 Å². The van der Waals surface area contributed by atoms with Crippen molar-refractivity contribution >= 4 is 17.8 Å². The van der Waals surface area contributed by atoms with Gasteiger partial charge in [0.2, 0.25) is 5.91 Å². The van der Waals surface area contributed by atoms with E-state index in [1.165, 1.54) is 23.5 Å². The average molecular weight is 430 g/mol. The summed E-state index contributed by atoms with van der Waals surface area (Å²) in [7, 11) is 0. The van der Waals surface area contributed by atoms with Crippen molar-refractivity contribution in [3.63, 3.8) is 0 Å². The largest absolute Gasteiger partial charge is 0.335 e. The Hall–Kier alpha value is -2.44. The highest BCUT2D eigenvalue weighted by Crippen LogP contribution is 2.34. The monoisotopic (exact) mass is 429 g/mol. The Labute approximate surface area is 183 Å². The minimum absolute atomic E-state index is 0.0542. The van der Waals surface area contributed by atoms with Crippen molar-refractivity contribution in [2.75, 3.05) is 6.54 Å². The third kappa shape index (κ3) is 4.75. The van der Waals surface area contributed by atoms with E-state index in [4.69, 9.17) is 0 Å². The molecule has 1 spiro atoms. The maximum absolute atomic E-state index is 13.3. The predicted molar refractivity (Wildman–Crippen MR) is 115 cm³/mol. The zero-order valence-electron chi connectivity index (χ0n) is 18.1. The lowest BCUT2D eigenvalue weighted by Gasteiger charge is -2.35. The second-order valence-electron chi connectivity index (χ2n) is 9.22. The minimum Gasteiger partial charge on any atom is -0.335 e. The van der Waals surface area contributed by atoms with Crippen LogP contribution in [0.4, 0.5) is 9.18 Å². The second kappa shape index (κ2) is 9.37. The lowest BCUT2D eigenvalue weighted by molar-refractivity contribution is -0.136. The second-order valence-corrected chi connectivity index (χ2v) is 9.22. The minimum atomic E-state index is -0.754. The van der Waals surface area contributed by atoms with Gasteiger partial charge < -0.3 is 10.2 Å². The molecule has 2 saturated carbocycles. The van der Waals surface area contributed by atoms with Crippen LogP contribution in [0.5, 0.6) is 0 Å². The van der Waals surface area contributed by atoms with Gasteiger partial charge in [-0.05, 0) is 43.4 Å². The van der Waals surface area contributed by atoms with Crippen LogP contribution in [-0.4, -0.2) is 45.8 Å². The zero-order valence-corrected chi connectivity index (χ0v) is 18.1. The Kier molecular flexibility index (Phi) is 6.58. The van der Waals surface area contributed by atoms with Crippen molar-refractivity contribution in [3.05, 3.63) is 35.6 Å². The SMILES string of the molecule is O=C1NC2(CCCCC2)C(=O)N1CCC(=O)N(Cc1ccc(F)cc1)C1CCCCC1. The first-order valence-corrected chi connectivity index (χ1v) is 11.7. The number of benzene rings is 1. The van der Waals surface area contributed by atoms with Crippen molar-refractivity contribution in [2.24, 2.45) is 0 Å². The molecule has 168 valence electrons. The molecule has 6 nitrogen and oxygen atoms in total. The Bertz CT molecular complexity index is 814. The van der Waals surface area contributed by atoms with Gasteiger partial charge in [-0.1, -0.05) is 50.7 Å². The molecule has 0 unspecified atom stereocenters. The zero-order chi connectivity index (χ0) is 21.8. The van der Waals surface area contributed by atoms with Crippen molar-refractivity contribution in [2.45, 2.75) is 88.8 Å². The van der Waals surface area contributed by atoms with Crippen LogP contribution in [0.15, 0.2) is 24.3 Å². The molecule has 1 aromatic rings. The van der Waals surface area contributed by atoms with Crippen LogP contribution in [0.25, 0.3) is 0 Å². The highest BCUT2D eigenvalue weighted by molar-refractivity contribution is 6.07. The molecule has 1 aromatic carbocycles. The van der Waals surface area contributed by atoms with Crippen LogP contribution in [0.1, 0.15) is 76.2 Å². The number of nitrogens with zero attached hydrogens (tertiary/aromatic N) is 2. The van der Waals surface area contributed by atoms with E-state index in [0.717, 1.165) is 50.5 Å². The molecule has 3 aliphatic rings. The maximum atomic E-state index is 13.3. The first-order valence-electron chi connectivity index (χ1n) is 11.7. The van der Waals surface area contributed by atoms with Gasteiger partial charge in [-0.2, -0.15) is 0 Å². The van der Waals surface area contributed by atoms with Crippen molar-refractivity contribution < 1.29 is 18.8 Å². The molecule has 4 rings (SSSR count). The van der Waals surface area contributed by atoms with Gasteiger partial charge in [0.25, 0.3) is 5.91 Å². The average Bonchev–Trinajstić information content (AvgIpc) is 3.01. The Morgan fingerprint density at radius 2 is 1.68 bits per heavy atom. The van der Waals surface area contributed by atoms with E-state index in [9.17, 15) is 18.8 Å². The molecule has 4 amide bonds. The summed E-state index contributed by atoms with van der Waals surface area (Å²) in [6.07, 6.45) is 9.72. The first kappa shape index (κ1) is 21.8. The number of urea groups is 1. The Morgan fingerprint density at radius 1 is 1.03 bits per heavy atom. The van der Waals surface area contributed by atoms with E-state index in [2.05, 4.69) is 5.32 Å². The summed E-state index contributed by atoms with van der Waals surface area (Å²) in [4.78, 5) is 41.8. The van der Waals surface area contributed by atoms with Crippen LogP contribution in [-0.2, 0) is 16.1 Å². The summed E-state index contributed by atoms with van der Waals surface area (Å²) < 4.78 is 13.3. The van der Waals surface area contributed by atoms with Gasteiger partial charge in [0.05, 0.1) is 0 Å². The Morgan fingerprint density at radius 3 is 2.35 bits per heavy atom. The fraction of sp³-hybridized carbons (Fsp3) is 0.625. The topological polar surface area (TPSA) is 69.7 Å². The summed E-state index contributed by atoms with van der Waals surface area (Å²) in [5, 5.41) is 2.91. The van der Waals surface area contributed by atoms with E-state index in [1.807, 2.05) is 4.90 Å². The molecule has 3 fully saturated rings. The number of hydrogen-bond acceptors (Lipinski definition) is 3. The number of imide groups is 1. The highest BCUT2D eigenvalue weighted by Gasteiger charge is 2.51. The fourth-order valence-electron chi connectivity index (χ4n) is 5.32. The fourth-order valence-corrected chi connectivity index (χ4v) is 5.32. The third-order valence-electron chi connectivity index (χ3n) is 7.10. The van der Waals surface area contributed by atoms with Gasteiger partial charge in [-0.25, -0.2) is 9.18 Å². The smallest absolute Gasteiger partial charge is 0.325 e. The number of nitrogens with one attached hydrogen (secondary N) is 1. The molecule has 1 heterocycles. The van der Waals surface area contributed by atoms with Crippen LogP contribution in [0.2, 0.25) is 0 Å². The molecule has 7 heteroatoms. The number of carbonyl (C=O) groups excluding carboxylic acids is 3. The van der Waals surface area contributed by atoms with E-state index in [0.29, 0.717) is 19.4 Å². The van der Waals surface area contributed by atoms with Gasteiger partial charge in [0, 0.05) is 25.6 Å². The molecule has 0 bridgehead atoms. The van der Waals surface area contributed by atoms with E-state index in [-0.39, 0.29) is 42.7 Å². The van der Waals surface area contributed by atoms with Crippen molar-refractivity contribution in [3.8, 4) is 0 Å². The van der Waals surface area contributed by atoms with Crippen LogP contribution in [0, 0.1) is 5.82 Å². The number of hydrogen-bond donors (Lipinski definition) is 1.